The van der Waals surface area contributed by atoms with Gasteiger partial charge in [-0.05, 0) is 45.3 Å². The molecule has 0 atom stereocenters. The van der Waals surface area contributed by atoms with Crippen LogP contribution in [0.15, 0.2) is 4.79 Å². The Balaban J connectivity index is 1.75. The largest absolute Gasteiger partial charge is 0.337 e. The van der Waals surface area contributed by atoms with Crippen molar-refractivity contribution in [3.8, 4) is 0 Å². The van der Waals surface area contributed by atoms with Crippen LogP contribution in [0.1, 0.15) is 46.7 Å². The van der Waals surface area contributed by atoms with Crippen molar-refractivity contribution in [2.45, 2.75) is 45.6 Å². The van der Waals surface area contributed by atoms with Gasteiger partial charge >= 0.3 is 0 Å². The molecule has 0 aromatic carbocycles. The zero-order chi connectivity index (χ0) is 18.3. The van der Waals surface area contributed by atoms with E-state index in [1.165, 1.54) is 11.3 Å². The molecule has 2 aliphatic rings. The van der Waals surface area contributed by atoms with Gasteiger partial charge in [0.2, 0.25) is 0 Å². The number of hydrogen-bond donors (Lipinski definition) is 0. The normalized spacial score (nSPS) is 19.2. The number of fused-ring (bicyclic) bond motifs is 2. The van der Waals surface area contributed by atoms with Gasteiger partial charge in [0.15, 0.2) is 0 Å². The van der Waals surface area contributed by atoms with E-state index in [4.69, 9.17) is 4.98 Å². The lowest BCUT2D eigenvalue weighted by Crippen LogP contribution is -2.34. The lowest BCUT2D eigenvalue weighted by Gasteiger charge is -2.20. The predicted octanol–water partition coefficient (Wildman–Crippen LogP) is 2.27. The lowest BCUT2D eigenvalue weighted by molar-refractivity contribution is 0.0767. The molecular weight excluding hydrogens is 348 g/mol. The van der Waals surface area contributed by atoms with Crippen LogP contribution in [0, 0.1) is 6.92 Å². The first kappa shape index (κ1) is 17.7. The average Bonchev–Trinajstić information content (AvgIpc) is 2.80. The van der Waals surface area contributed by atoms with Crippen LogP contribution in [0.25, 0.3) is 10.2 Å². The molecule has 140 valence electrons. The second-order valence-corrected chi connectivity index (χ2v) is 8.48. The van der Waals surface area contributed by atoms with Crippen LogP contribution in [-0.2, 0) is 13.0 Å². The van der Waals surface area contributed by atoms with Gasteiger partial charge < -0.3 is 9.80 Å². The fourth-order valence-corrected chi connectivity index (χ4v) is 5.17. The molecule has 1 fully saturated rings. The number of amides is 1. The van der Waals surface area contributed by atoms with Crippen molar-refractivity contribution in [3.63, 3.8) is 0 Å². The second kappa shape index (κ2) is 7.12. The molecule has 26 heavy (non-hydrogen) atoms. The number of rotatable bonds is 1. The minimum Gasteiger partial charge on any atom is -0.337 e. The van der Waals surface area contributed by atoms with Crippen LogP contribution < -0.4 is 5.56 Å². The molecule has 0 aliphatic carbocycles. The zero-order valence-corrected chi connectivity index (χ0v) is 16.4. The molecule has 0 spiro atoms. The molecule has 0 radical (unpaired) electrons. The number of carbonyl (C=O) groups excluding carboxylic acids is 1. The molecule has 0 bridgehead atoms. The summed E-state index contributed by atoms with van der Waals surface area (Å²) in [5.41, 5.74) is 0.847. The third kappa shape index (κ3) is 3.07. The molecule has 6 nitrogen and oxygen atoms in total. The standard InChI is InChI=1S/C19H26N4O2S/c1-13-15-17(20-14-7-4-3-5-10-23(14)18(15)24)26-16(13)19(25)22-9-6-8-21(2)11-12-22/h3-12H2,1-2H3. The number of hydrogen-bond acceptors (Lipinski definition) is 5. The highest BCUT2D eigenvalue weighted by Gasteiger charge is 2.26. The fourth-order valence-electron chi connectivity index (χ4n) is 4.01. The van der Waals surface area contributed by atoms with E-state index < -0.39 is 0 Å². The number of likely N-dealkylation sites (N-methyl/N-ethyl adjacent to an activating group) is 1. The van der Waals surface area contributed by atoms with Gasteiger partial charge in [-0.2, -0.15) is 0 Å². The Hall–Kier alpha value is -1.73. The minimum absolute atomic E-state index is 0.0373. The van der Waals surface area contributed by atoms with Crippen LogP contribution in [0.4, 0.5) is 0 Å². The van der Waals surface area contributed by atoms with E-state index >= 15 is 0 Å². The molecule has 1 saturated heterocycles. The zero-order valence-electron chi connectivity index (χ0n) is 15.6. The highest BCUT2D eigenvalue weighted by molar-refractivity contribution is 7.20. The lowest BCUT2D eigenvalue weighted by atomic mass is 10.2. The highest BCUT2D eigenvalue weighted by Crippen LogP contribution is 2.29. The Morgan fingerprint density at radius 3 is 2.73 bits per heavy atom. The quantitative estimate of drug-likeness (QED) is 0.768. The van der Waals surface area contributed by atoms with Gasteiger partial charge in [-0.1, -0.05) is 6.42 Å². The van der Waals surface area contributed by atoms with E-state index in [2.05, 4.69) is 11.9 Å². The Morgan fingerprint density at radius 2 is 1.88 bits per heavy atom. The summed E-state index contributed by atoms with van der Waals surface area (Å²) in [7, 11) is 2.09. The maximum atomic E-state index is 13.1. The van der Waals surface area contributed by atoms with E-state index in [-0.39, 0.29) is 11.5 Å². The molecule has 0 saturated carbocycles. The molecular formula is C19H26N4O2S. The highest BCUT2D eigenvalue weighted by atomic mass is 32.1. The van der Waals surface area contributed by atoms with Crippen LogP contribution in [-0.4, -0.2) is 58.5 Å². The predicted molar refractivity (Wildman–Crippen MR) is 104 cm³/mol. The number of nitrogens with zero attached hydrogens (tertiary/aromatic N) is 4. The van der Waals surface area contributed by atoms with Crippen molar-refractivity contribution in [3.05, 3.63) is 26.6 Å². The summed E-state index contributed by atoms with van der Waals surface area (Å²) in [5, 5.41) is 0.649. The summed E-state index contributed by atoms with van der Waals surface area (Å²) in [6, 6.07) is 0. The van der Waals surface area contributed by atoms with Crippen LogP contribution in [0.2, 0.25) is 0 Å². The molecule has 0 N–H and O–H groups in total. The maximum absolute atomic E-state index is 13.1. The smallest absolute Gasteiger partial charge is 0.264 e. The van der Waals surface area contributed by atoms with E-state index in [0.29, 0.717) is 10.3 Å². The summed E-state index contributed by atoms with van der Waals surface area (Å²) in [5.74, 6) is 0.942. The monoisotopic (exact) mass is 374 g/mol. The Bertz CT molecular complexity index is 901. The van der Waals surface area contributed by atoms with Gasteiger partial charge in [-0.25, -0.2) is 4.98 Å². The third-order valence-corrected chi connectivity index (χ3v) is 6.79. The Morgan fingerprint density at radius 1 is 1.04 bits per heavy atom. The molecule has 4 rings (SSSR count). The Labute approximate surface area is 157 Å². The van der Waals surface area contributed by atoms with Gasteiger partial charge in [-0.15, -0.1) is 11.3 Å². The first-order valence-electron chi connectivity index (χ1n) is 9.57. The first-order valence-corrected chi connectivity index (χ1v) is 10.4. The van der Waals surface area contributed by atoms with E-state index in [0.717, 1.165) is 81.0 Å². The summed E-state index contributed by atoms with van der Waals surface area (Å²) < 4.78 is 1.84. The molecule has 7 heteroatoms. The molecule has 2 aromatic heterocycles. The van der Waals surface area contributed by atoms with E-state index in [9.17, 15) is 9.59 Å². The maximum Gasteiger partial charge on any atom is 0.264 e. The average molecular weight is 375 g/mol. The number of thiophene rings is 1. The molecule has 2 aliphatic heterocycles. The van der Waals surface area contributed by atoms with E-state index in [1.54, 1.807) is 0 Å². The second-order valence-electron chi connectivity index (χ2n) is 7.48. The number of carbonyl (C=O) groups is 1. The van der Waals surface area contributed by atoms with Crippen molar-refractivity contribution >= 4 is 27.5 Å². The summed E-state index contributed by atoms with van der Waals surface area (Å²) >= 11 is 1.40. The topological polar surface area (TPSA) is 58.4 Å². The van der Waals surface area contributed by atoms with Crippen molar-refractivity contribution < 1.29 is 4.79 Å². The van der Waals surface area contributed by atoms with Gasteiger partial charge in [0, 0.05) is 32.6 Å². The van der Waals surface area contributed by atoms with Crippen molar-refractivity contribution in [1.82, 2.24) is 19.4 Å². The third-order valence-electron chi connectivity index (χ3n) is 5.61. The summed E-state index contributed by atoms with van der Waals surface area (Å²) in [6.07, 6.45) is 5.08. The molecule has 2 aromatic rings. The van der Waals surface area contributed by atoms with Crippen molar-refractivity contribution in [2.75, 3.05) is 33.2 Å². The van der Waals surface area contributed by atoms with Crippen molar-refractivity contribution in [2.24, 2.45) is 0 Å². The minimum atomic E-state index is 0.0373. The van der Waals surface area contributed by atoms with E-state index in [1.807, 2.05) is 16.4 Å². The van der Waals surface area contributed by atoms with Crippen LogP contribution in [0.3, 0.4) is 0 Å². The number of aromatic nitrogens is 2. The van der Waals surface area contributed by atoms with Gasteiger partial charge in [-0.3, -0.25) is 14.2 Å². The van der Waals surface area contributed by atoms with Crippen molar-refractivity contribution in [1.29, 1.82) is 0 Å². The molecule has 1 amide bonds. The Kier molecular flexibility index (Phi) is 4.84. The summed E-state index contributed by atoms with van der Waals surface area (Å²) in [6.45, 7) is 6.08. The fraction of sp³-hybridized carbons (Fsp3) is 0.632. The van der Waals surface area contributed by atoms with Crippen LogP contribution >= 0.6 is 11.3 Å². The first-order chi connectivity index (χ1) is 12.6. The summed E-state index contributed by atoms with van der Waals surface area (Å²) in [4.78, 5) is 36.6. The molecule has 0 unspecified atom stereocenters. The van der Waals surface area contributed by atoms with Gasteiger partial charge in [0.05, 0.1) is 10.3 Å². The SMILES string of the molecule is Cc1c(C(=O)N2CCCN(C)CC2)sc2nc3n(c(=O)c12)CCCCC3. The van der Waals surface area contributed by atoms with Gasteiger partial charge in [0.1, 0.15) is 10.7 Å². The van der Waals surface area contributed by atoms with Crippen LogP contribution in [0.5, 0.6) is 0 Å². The molecule has 4 heterocycles. The van der Waals surface area contributed by atoms with Gasteiger partial charge in [0.25, 0.3) is 11.5 Å². The number of aryl methyl sites for hydroxylation is 2.